The Balaban J connectivity index is 2.44. The molecule has 0 heterocycles. The minimum Gasteiger partial charge on any atom is -0.204 e. The standard InChI is InChI=1S/C17H11F2NS/c1-11-3-4-12(2)14(7-11)6-5-13-8-15(18)17(20-10-21)16(19)9-13/h3-4,7-9H,1-2H3. The highest BCUT2D eigenvalue weighted by Gasteiger charge is 2.09. The highest BCUT2D eigenvalue weighted by Crippen LogP contribution is 2.23. The molecule has 104 valence electrons. The highest BCUT2D eigenvalue weighted by atomic mass is 32.1. The van der Waals surface area contributed by atoms with Crippen LogP contribution in [0.2, 0.25) is 0 Å². The van der Waals surface area contributed by atoms with E-state index in [4.69, 9.17) is 0 Å². The van der Waals surface area contributed by atoms with Gasteiger partial charge in [-0.1, -0.05) is 24.0 Å². The van der Waals surface area contributed by atoms with Gasteiger partial charge in [0.15, 0.2) is 11.6 Å². The number of hydrogen-bond donors (Lipinski definition) is 0. The van der Waals surface area contributed by atoms with E-state index >= 15 is 0 Å². The maximum Gasteiger partial charge on any atom is 0.153 e. The van der Waals surface area contributed by atoms with Crippen molar-refractivity contribution in [2.75, 3.05) is 0 Å². The van der Waals surface area contributed by atoms with Gasteiger partial charge in [0.25, 0.3) is 0 Å². The van der Waals surface area contributed by atoms with Gasteiger partial charge in [0, 0.05) is 11.1 Å². The minimum atomic E-state index is -0.808. The first-order valence-corrected chi connectivity index (χ1v) is 6.58. The highest BCUT2D eigenvalue weighted by molar-refractivity contribution is 7.78. The van der Waals surface area contributed by atoms with Crippen LogP contribution >= 0.6 is 12.2 Å². The Morgan fingerprint density at radius 1 is 1.00 bits per heavy atom. The second-order valence-corrected chi connectivity index (χ2v) is 4.74. The first-order chi connectivity index (χ1) is 10.0. The Hall–Kier alpha value is -2.34. The lowest BCUT2D eigenvalue weighted by Gasteiger charge is -2.00. The first-order valence-electron chi connectivity index (χ1n) is 6.17. The molecule has 0 saturated carbocycles. The molecule has 0 aromatic heterocycles. The van der Waals surface area contributed by atoms with Crippen molar-refractivity contribution in [2.24, 2.45) is 4.99 Å². The number of rotatable bonds is 1. The van der Waals surface area contributed by atoms with Crippen LogP contribution in [0, 0.1) is 37.3 Å². The molecule has 0 amide bonds. The van der Waals surface area contributed by atoms with Crippen LogP contribution in [-0.2, 0) is 0 Å². The molecule has 2 aromatic rings. The number of benzene rings is 2. The Morgan fingerprint density at radius 3 is 2.29 bits per heavy atom. The third kappa shape index (κ3) is 3.61. The molecule has 0 spiro atoms. The third-order valence-electron chi connectivity index (χ3n) is 2.91. The molecule has 0 atom stereocenters. The van der Waals surface area contributed by atoms with Crippen molar-refractivity contribution in [1.82, 2.24) is 0 Å². The largest absolute Gasteiger partial charge is 0.204 e. The summed E-state index contributed by atoms with van der Waals surface area (Å²) in [7, 11) is 0. The van der Waals surface area contributed by atoms with E-state index < -0.39 is 17.3 Å². The summed E-state index contributed by atoms with van der Waals surface area (Å²) in [5.74, 6) is 4.07. The van der Waals surface area contributed by atoms with E-state index in [-0.39, 0.29) is 5.56 Å². The molecule has 0 fully saturated rings. The lowest BCUT2D eigenvalue weighted by Crippen LogP contribution is -1.87. The molecule has 0 N–H and O–H groups in total. The topological polar surface area (TPSA) is 12.4 Å². The Labute approximate surface area is 127 Å². The van der Waals surface area contributed by atoms with Crippen molar-refractivity contribution in [3.63, 3.8) is 0 Å². The van der Waals surface area contributed by atoms with E-state index in [1.807, 2.05) is 37.2 Å². The summed E-state index contributed by atoms with van der Waals surface area (Å²) >= 11 is 4.35. The number of nitrogens with zero attached hydrogens (tertiary/aromatic N) is 1. The Kier molecular flexibility index (Phi) is 4.59. The third-order valence-corrected chi connectivity index (χ3v) is 3.00. The van der Waals surface area contributed by atoms with Crippen molar-refractivity contribution in [3.05, 3.63) is 64.2 Å². The molecule has 2 rings (SSSR count). The van der Waals surface area contributed by atoms with Gasteiger partial charge in [0.2, 0.25) is 0 Å². The fourth-order valence-corrected chi connectivity index (χ4v) is 1.89. The second-order valence-electron chi connectivity index (χ2n) is 4.56. The molecular formula is C17H11F2NS. The van der Waals surface area contributed by atoms with Crippen LogP contribution in [0.15, 0.2) is 35.3 Å². The lowest BCUT2D eigenvalue weighted by molar-refractivity contribution is 0.587. The summed E-state index contributed by atoms with van der Waals surface area (Å²) in [5.41, 5.74) is 2.72. The number of isothiocyanates is 1. The van der Waals surface area contributed by atoms with E-state index in [1.54, 1.807) is 0 Å². The smallest absolute Gasteiger partial charge is 0.153 e. The van der Waals surface area contributed by atoms with Gasteiger partial charge in [-0.3, -0.25) is 0 Å². The van der Waals surface area contributed by atoms with E-state index in [2.05, 4.69) is 29.1 Å². The average Bonchev–Trinajstić information content (AvgIpc) is 2.44. The second kappa shape index (κ2) is 6.41. The van der Waals surface area contributed by atoms with Crippen LogP contribution in [0.1, 0.15) is 22.3 Å². The number of hydrogen-bond acceptors (Lipinski definition) is 2. The van der Waals surface area contributed by atoms with Crippen molar-refractivity contribution in [2.45, 2.75) is 13.8 Å². The molecule has 2 aromatic carbocycles. The lowest BCUT2D eigenvalue weighted by atomic mass is 10.1. The number of aliphatic imine (C=N–C) groups is 1. The van der Waals surface area contributed by atoms with Gasteiger partial charge in [-0.15, -0.1) is 0 Å². The number of aryl methyl sites for hydroxylation is 2. The fourth-order valence-electron chi connectivity index (χ4n) is 1.80. The van der Waals surface area contributed by atoms with Gasteiger partial charge in [0.05, 0.1) is 5.16 Å². The van der Waals surface area contributed by atoms with E-state index in [9.17, 15) is 8.78 Å². The predicted octanol–water partition coefficient (Wildman–Crippen LogP) is 4.72. The molecule has 0 radical (unpaired) electrons. The van der Waals surface area contributed by atoms with Gasteiger partial charge in [-0.25, -0.2) is 8.78 Å². The van der Waals surface area contributed by atoms with E-state index in [0.29, 0.717) is 0 Å². The number of thiocarbonyl (C=S) groups is 1. The average molecular weight is 299 g/mol. The zero-order valence-corrected chi connectivity index (χ0v) is 12.3. The molecule has 0 unspecified atom stereocenters. The molecule has 1 nitrogen and oxygen atoms in total. The van der Waals surface area contributed by atoms with Crippen LogP contribution in [0.3, 0.4) is 0 Å². The van der Waals surface area contributed by atoms with Crippen LogP contribution in [0.25, 0.3) is 0 Å². The number of halogens is 2. The molecule has 0 aliphatic heterocycles. The molecule has 0 saturated heterocycles. The molecule has 0 aliphatic rings. The summed E-state index contributed by atoms with van der Waals surface area (Å²) < 4.78 is 27.4. The van der Waals surface area contributed by atoms with Gasteiger partial charge >= 0.3 is 0 Å². The van der Waals surface area contributed by atoms with Crippen LogP contribution < -0.4 is 0 Å². The maximum absolute atomic E-state index is 13.7. The van der Waals surface area contributed by atoms with Gasteiger partial charge in [-0.05, 0) is 55.4 Å². The quantitative estimate of drug-likeness (QED) is 0.422. The molecule has 0 aliphatic carbocycles. The van der Waals surface area contributed by atoms with Crippen molar-refractivity contribution in [1.29, 1.82) is 0 Å². The molecule has 21 heavy (non-hydrogen) atoms. The van der Waals surface area contributed by atoms with Gasteiger partial charge in [0.1, 0.15) is 5.69 Å². The van der Waals surface area contributed by atoms with Crippen LogP contribution in [0.4, 0.5) is 14.5 Å². The van der Waals surface area contributed by atoms with Crippen LogP contribution in [-0.4, -0.2) is 5.16 Å². The summed E-state index contributed by atoms with van der Waals surface area (Å²) in [6.07, 6.45) is 0. The van der Waals surface area contributed by atoms with Crippen molar-refractivity contribution < 1.29 is 8.78 Å². The summed E-state index contributed by atoms with van der Waals surface area (Å²) in [6.45, 7) is 3.89. The molecular weight excluding hydrogens is 288 g/mol. The van der Waals surface area contributed by atoms with Gasteiger partial charge in [-0.2, -0.15) is 4.99 Å². The zero-order valence-electron chi connectivity index (χ0n) is 11.5. The monoisotopic (exact) mass is 299 g/mol. The maximum atomic E-state index is 13.7. The van der Waals surface area contributed by atoms with E-state index in [0.717, 1.165) is 28.8 Å². The fraction of sp³-hybridized carbons (Fsp3) is 0.118. The molecule has 4 heteroatoms. The van der Waals surface area contributed by atoms with Crippen LogP contribution in [0.5, 0.6) is 0 Å². The Bertz CT molecular complexity index is 786. The van der Waals surface area contributed by atoms with Gasteiger partial charge < -0.3 is 0 Å². The summed E-state index contributed by atoms with van der Waals surface area (Å²) in [6, 6.07) is 8.13. The summed E-state index contributed by atoms with van der Waals surface area (Å²) in [4.78, 5) is 3.36. The normalized spacial score (nSPS) is 9.52. The Morgan fingerprint density at radius 2 is 1.67 bits per heavy atom. The zero-order chi connectivity index (χ0) is 15.4. The minimum absolute atomic E-state index is 0.245. The predicted molar refractivity (Wildman–Crippen MR) is 82.9 cm³/mol. The van der Waals surface area contributed by atoms with Crippen molar-refractivity contribution >= 4 is 23.1 Å². The van der Waals surface area contributed by atoms with E-state index in [1.165, 1.54) is 0 Å². The SMILES string of the molecule is Cc1ccc(C)c(C#Cc2cc(F)c(N=C=S)c(F)c2)c1. The molecule has 0 bridgehead atoms. The van der Waals surface area contributed by atoms with Crippen molar-refractivity contribution in [3.8, 4) is 11.8 Å². The summed E-state index contributed by atoms with van der Waals surface area (Å²) in [5, 5.41) is 1.95. The first kappa shape index (κ1) is 15.1.